The van der Waals surface area contributed by atoms with E-state index in [1.165, 1.54) is 19.2 Å². The van der Waals surface area contributed by atoms with Gasteiger partial charge in [0.1, 0.15) is 5.60 Å². The first-order chi connectivity index (χ1) is 5.71. The third-order valence-corrected chi connectivity index (χ3v) is 3.55. The molecule has 0 aliphatic carbocycles. The first kappa shape index (κ1) is 10.6. The Bertz CT molecular complexity index is 402. The highest BCUT2D eigenvalue weighted by molar-refractivity contribution is 7.91. The molecule has 0 aromatic carbocycles. The van der Waals surface area contributed by atoms with Crippen molar-refractivity contribution in [3.8, 4) is 0 Å². The minimum Gasteiger partial charge on any atom is -0.384 e. The Balaban J connectivity index is 3.16. The van der Waals surface area contributed by atoms with Crippen LogP contribution in [-0.4, -0.2) is 18.5 Å². The van der Waals surface area contributed by atoms with E-state index in [0.29, 0.717) is 5.69 Å². The van der Waals surface area contributed by atoms with E-state index >= 15 is 0 Å². The highest BCUT2D eigenvalue weighted by atomic mass is 32.2. The van der Waals surface area contributed by atoms with E-state index in [0.717, 1.165) is 11.3 Å². The molecular weight excluding hydrogens is 212 g/mol. The predicted octanol–water partition coefficient (Wildman–Crippen LogP) is 0.0179. The Morgan fingerprint density at radius 2 is 2.15 bits per heavy atom. The number of aliphatic hydroxyl groups is 1. The molecule has 0 amide bonds. The predicted molar refractivity (Wildman–Crippen MR) is 48.7 cm³/mol. The number of aromatic nitrogens is 1. The van der Waals surface area contributed by atoms with Gasteiger partial charge in [-0.1, -0.05) is 0 Å². The number of rotatable bonds is 2. The number of hydrogen-bond donors (Lipinski definition) is 2. The summed E-state index contributed by atoms with van der Waals surface area (Å²) >= 11 is 0.899. The molecule has 0 fully saturated rings. The van der Waals surface area contributed by atoms with E-state index < -0.39 is 15.6 Å². The van der Waals surface area contributed by atoms with Gasteiger partial charge in [-0.05, 0) is 13.8 Å². The van der Waals surface area contributed by atoms with Crippen LogP contribution in [0.4, 0.5) is 0 Å². The Morgan fingerprint density at radius 3 is 2.38 bits per heavy atom. The van der Waals surface area contributed by atoms with Gasteiger partial charge < -0.3 is 5.11 Å². The van der Waals surface area contributed by atoms with Crippen molar-refractivity contribution >= 4 is 21.4 Å². The van der Waals surface area contributed by atoms with Gasteiger partial charge in [0.05, 0.1) is 5.69 Å². The van der Waals surface area contributed by atoms with Crippen LogP contribution in [-0.2, 0) is 15.6 Å². The van der Waals surface area contributed by atoms with E-state index in [2.05, 4.69) is 4.98 Å². The maximum Gasteiger partial charge on any atom is 0.265 e. The van der Waals surface area contributed by atoms with Crippen molar-refractivity contribution in [2.24, 2.45) is 5.14 Å². The van der Waals surface area contributed by atoms with Crippen LogP contribution in [0.5, 0.6) is 0 Å². The molecule has 0 saturated carbocycles. The van der Waals surface area contributed by atoms with E-state index in [1.807, 2.05) is 0 Å². The molecule has 0 aliphatic rings. The average molecular weight is 222 g/mol. The summed E-state index contributed by atoms with van der Waals surface area (Å²) in [5, 5.41) is 15.8. The molecule has 7 heteroatoms. The van der Waals surface area contributed by atoms with Gasteiger partial charge in [-0.2, -0.15) is 0 Å². The lowest BCUT2D eigenvalue weighted by atomic mass is 10.1. The van der Waals surface area contributed by atoms with Crippen molar-refractivity contribution in [3.63, 3.8) is 0 Å². The maximum absolute atomic E-state index is 10.8. The standard InChI is InChI=1S/C6H10N2O3S2/c1-6(2,9)4-3-12-5(8-4)13(7,10)11/h3,9H,1-2H3,(H2,7,10,11). The number of nitrogens with zero attached hydrogens (tertiary/aromatic N) is 1. The van der Waals surface area contributed by atoms with Crippen LogP contribution in [0.2, 0.25) is 0 Å². The third-order valence-electron chi connectivity index (χ3n) is 1.35. The smallest absolute Gasteiger partial charge is 0.265 e. The van der Waals surface area contributed by atoms with E-state index in [1.54, 1.807) is 0 Å². The molecule has 1 aromatic rings. The van der Waals surface area contributed by atoms with Crippen molar-refractivity contribution < 1.29 is 13.5 Å². The first-order valence-corrected chi connectivity index (χ1v) is 5.85. The minimum absolute atomic E-state index is 0.176. The summed E-state index contributed by atoms with van der Waals surface area (Å²) in [4.78, 5) is 3.71. The lowest BCUT2D eigenvalue weighted by Crippen LogP contribution is -2.17. The fourth-order valence-corrected chi connectivity index (χ4v) is 2.28. The van der Waals surface area contributed by atoms with Crippen LogP contribution in [0.1, 0.15) is 19.5 Å². The molecule has 74 valence electrons. The van der Waals surface area contributed by atoms with Crippen LogP contribution in [0.3, 0.4) is 0 Å². The van der Waals surface area contributed by atoms with Crippen LogP contribution < -0.4 is 5.14 Å². The van der Waals surface area contributed by atoms with Gasteiger partial charge >= 0.3 is 0 Å². The number of sulfonamides is 1. The van der Waals surface area contributed by atoms with Crippen molar-refractivity contribution in [2.75, 3.05) is 0 Å². The molecule has 1 rings (SSSR count). The highest BCUT2D eigenvalue weighted by Crippen LogP contribution is 2.23. The maximum atomic E-state index is 10.8. The van der Waals surface area contributed by atoms with Crippen molar-refractivity contribution in [3.05, 3.63) is 11.1 Å². The molecule has 0 bridgehead atoms. The van der Waals surface area contributed by atoms with Crippen LogP contribution in [0, 0.1) is 0 Å². The van der Waals surface area contributed by atoms with Gasteiger partial charge in [0.25, 0.3) is 10.0 Å². The van der Waals surface area contributed by atoms with Crippen molar-refractivity contribution in [2.45, 2.75) is 23.8 Å². The first-order valence-electron chi connectivity index (χ1n) is 3.42. The average Bonchev–Trinajstić information content (AvgIpc) is 2.28. The van der Waals surface area contributed by atoms with Crippen molar-refractivity contribution in [1.82, 2.24) is 4.98 Å². The zero-order valence-corrected chi connectivity index (χ0v) is 8.82. The SMILES string of the molecule is CC(C)(O)c1csc(S(N)(=O)=O)n1. The number of primary sulfonamides is 1. The molecule has 13 heavy (non-hydrogen) atoms. The van der Waals surface area contributed by atoms with Crippen LogP contribution >= 0.6 is 11.3 Å². The molecule has 0 saturated heterocycles. The molecule has 0 atom stereocenters. The minimum atomic E-state index is -3.75. The molecule has 1 aromatic heterocycles. The van der Waals surface area contributed by atoms with Crippen LogP contribution in [0.15, 0.2) is 9.72 Å². The fraction of sp³-hybridized carbons (Fsp3) is 0.500. The zero-order chi connectivity index (χ0) is 10.3. The summed E-state index contributed by atoms with van der Waals surface area (Å²) in [6, 6.07) is 0. The summed E-state index contributed by atoms with van der Waals surface area (Å²) in [6.07, 6.45) is 0. The van der Waals surface area contributed by atoms with Crippen molar-refractivity contribution in [1.29, 1.82) is 0 Å². The third kappa shape index (κ3) is 2.47. The second-order valence-electron chi connectivity index (χ2n) is 3.10. The monoisotopic (exact) mass is 222 g/mol. The fourth-order valence-electron chi connectivity index (χ4n) is 0.669. The molecule has 3 N–H and O–H groups in total. The quantitative estimate of drug-likeness (QED) is 0.737. The lowest BCUT2D eigenvalue weighted by Gasteiger charge is -2.12. The molecule has 0 radical (unpaired) electrons. The summed E-state index contributed by atoms with van der Waals surface area (Å²) in [7, 11) is -3.75. The molecule has 1 heterocycles. The molecule has 0 aliphatic heterocycles. The second kappa shape index (κ2) is 3.02. The van der Waals surface area contributed by atoms with Gasteiger partial charge in [-0.15, -0.1) is 11.3 Å². The normalized spacial score (nSPS) is 13.2. The molecule has 0 spiro atoms. The Labute approximate surface area is 80.3 Å². The summed E-state index contributed by atoms with van der Waals surface area (Å²) in [6.45, 7) is 3.05. The van der Waals surface area contributed by atoms with Crippen LogP contribution in [0.25, 0.3) is 0 Å². The Kier molecular flexibility index (Phi) is 2.46. The number of nitrogens with two attached hydrogens (primary N) is 1. The number of hydrogen-bond acceptors (Lipinski definition) is 5. The van der Waals surface area contributed by atoms with Gasteiger partial charge in [0, 0.05) is 5.38 Å². The lowest BCUT2D eigenvalue weighted by molar-refractivity contribution is 0.0741. The van der Waals surface area contributed by atoms with E-state index in [-0.39, 0.29) is 4.34 Å². The van der Waals surface area contributed by atoms with Gasteiger partial charge in [-0.25, -0.2) is 18.5 Å². The summed E-state index contributed by atoms with van der Waals surface area (Å²) in [5.74, 6) is 0. The topological polar surface area (TPSA) is 93.3 Å². The largest absolute Gasteiger partial charge is 0.384 e. The zero-order valence-electron chi connectivity index (χ0n) is 7.18. The van der Waals surface area contributed by atoms with E-state index in [9.17, 15) is 13.5 Å². The van der Waals surface area contributed by atoms with Gasteiger partial charge in [0.15, 0.2) is 0 Å². The Hall–Kier alpha value is -0.500. The van der Waals surface area contributed by atoms with Gasteiger partial charge in [0.2, 0.25) is 4.34 Å². The molecular formula is C6H10N2O3S2. The van der Waals surface area contributed by atoms with E-state index in [4.69, 9.17) is 5.14 Å². The Morgan fingerprint density at radius 1 is 1.62 bits per heavy atom. The second-order valence-corrected chi connectivity index (χ2v) is 5.70. The molecule has 5 nitrogen and oxygen atoms in total. The summed E-state index contributed by atoms with van der Waals surface area (Å²) < 4.78 is 21.5. The number of thiazole rings is 1. The molecule has 0 unspecified atom stereocenters. The van der Waals surface area contributed by atoms with Gasteiger partial charge in [-0.3, -0.25) is 0 Å². The highest BCUT2D eigenvalue weighted by Gasteiger charge is 2.22. The summed E-state index contributed by atoms with van der Waals surface area (Å²) in [5.41, 5.74) is -0.832.